The summed E-state index contributed by atoms with van der Waals surface area (Å²) >= 11 is 3.14. The van der Waals surface area contributed by atoms with Crippen molar-refractivity contribution in [1.82, 2.24) is 10.2 Å². The first-order valence-electron chi connectivity index (χ1n) is 8.74. The van der Waals surface area contributed by atoms with E-state index in [4.69, 9.17) is 4.42 Å². The van der Waals surface area contributed by atoms with Gasteiger partial charge >= 0.3 is 6.09 Å². The molecule has 0 saturated heterocycles. The molecule has 0 fully saturated rings. The van der Waals surface area contributed by atoms with Crippen molar-refractivity contribution in [3.05, 3.63) is 82.2 Å². The average molecular weight is 441 g/mol. The molecule has 0 bridgehead atoms. The van der Waals surface area contributed by atoms with Gasteiger partial charge in [-0.25, -0.2) is 4.79 Å². The van der Waals surface area contributed by atoms with E-state index < -0.39 is 12.0 Å². The lowest BCUT2D eigenvalue weighted by atomic mass is 9.96. The van der Waals surface area contributed by atoms with E-state index in [0.29, 0.717) is 4.67 Å². The molecule has 7 heteroatoms. The maximum atomic E-state index is 12.2. The van der Waals surface area contributed by atoms with Crippen LogP contribution in [0.15, 0.2) is 69.8 Å². The molecule has 0 unspecified atom stereocenters. The minimum absolute atomic E-state index is 0.0850. The number of carboxylic acid groups (broad SMARTS) is 1. The number of furan rings is 1. The maximum Gasteiger partial charge on any atom is 0.408 e. The fourth-order valence-corrected chi connectivity index (χ4v) is 3.88. The van der Waals surface area contributed by atoms with Crippen LogP contribution in [-0.2, 0) is 0 Å². The standard InChI is InChI=1S/C21H17BrN2O4/c22-19-10-9-18(28-19)20(25)23-12-24(21(26)27)11-17-15-7-3-1-5-13(15)14-6-2-4-8-16(14)17/h1-10,17H,11-12H2,(H,23,25)(H,26,27). The van der Waals surface area contributed by atoms with Gasteiger partial charge in [0.05, 0.1) is 6.67 Å². The molecule has 142 valence electrons. The molecule has 4 rings (SSSR count). The van der Waals surface area contributed by atoms with Crippen LogP contribution in [0.1, 0.15) is 27.6 Å². The molecule has 2 amide bonds. The zero-order chi connectivity index (χ0) is 19.7. The van der Waals surface area contributed by atoms with Gasteiger partial charge in [-0.2, -0.15) is 0 Å². The van der Waals surface area contributed by atoms with E-state index >= 15 is 0 Å². The predicted octanol–water partition coefficient (Wildman–Crippen LogP) is 4.52. The summed E-state index contributed by atoms with van der Waals surface area (Å²) in [6.07, 6.45) is -1.09. The molecule has 0 aliphatic heterocycles. The Bertz CT molecular complexity index is 1000. The van der Waals surface area contributed by atoms with Crippen LogP contribution in [0.4, 0.5) is 4.79 Å². The maximum absolute atomic E-state index is 12.2. The fraction of sp³-hybridized carbons (Fsp3) is 0.143. The number of carbonyl (C=O) groups excluding carboxylic acids is 1. The van der Waals surface area contributed by atoms with E-state index in [9.17, 15) is 14.7 Å². The first-order valence-corrected chi connectivity index (χ1v) is 9.53. The average Bonchev–Trinajstić information content (AvgIpc) is 3.27. The highest BCUT2D eigenvalue weighted by Crippen LogP contribution is 2.44. The highest BCUT2D eigenvalue weighted by atomic mass is 79.9. The minimum atomic E-state index is -1.09. The highest BCUT2D eigenvalue weighted by molar-refractivity contribution is 9.10. The Morgan fingerprint density at radius 1 is 1.00 bits per heavy atom. The molecular weight excluding hydrogens is 424 g/mol. The van der Waals surface area contributed by atoms with Crippen molar-refractivity contribution >= 4 is 27.9 Å². The summed E-state index contributed by atoms with van der Waals surface area (Å²) in [5, 5.41) is 12.3. The second-order valence-electron chi connectivity index (χ2n) is 6.50. The van der Waals surface area contributed by atoms with E-state index in [0.717, 1.165) is 22.3 Å². The van der Waals surface area contributed by atoms with Crippen LogP contribution >= 0.6 is 15.9 Å². The molecule has 1 aliphatic rings. The summed E-state index contributed by atoms with van der Waals surface area (Å²) in [4.78, 5) is 25.2. The lowest BCUT2D eigenvalue weighted by Gasteiger charge is -2.24. The number of benzene rings is 2. The SMILES string of the molecule is O=C(NCN(CC1c2ccccc2-c2ccccc21)C(=O)O)c1ccc(Br)o1. The zero-order valence-electron chi connectivity index (χ0n) is 14.8. The van der Waals surface area contributed by atoms with Crippen molar-refractivity contribution in [3.8, 4) is 11.1 Å². The summed E-state index contributed by atoms with van der Waals surface area (Å²) in [7, 11) is 0. The summed E-state index contributed by atoms with van der Waals surface area (Å²) in [5.41, 5.74) is 4.43. The topological polar surface area (TPSA) is 82.8 Å². The number of rotatable bonds is 5. The summed E-state index contributed by atoms with van der Waals surface area (Å²) in [6, 6.07) is 19.2. The largest absolute Gasteiger partial charge is 0.465 e. The summed E-state index contributed by atoms with van der Waals surface area (Å²) in [6.45, 7) is 0.110. The molecular formula is C21H17BrN2O4. The van der Waals surface area contributed by atoms with E-state index in [1.54, 1.807) is 6.07 Å². The van der Waals surface area contributed by atoms with Gasteiger partial charge in [0.15, 0.2) is 10.4 Å². The quantitative estimate of drug-likeness (QED) is 0.571. The number of nitrogens with one attached hydrogen (secondary N) is 1. The van der Waals surface area contributed by atoms with Gasteiger partial charge in [-0.15, -0.1) is 0 Å². The summed E-state index contributed by atoms with van der Waals surface area (Å²) in [5.74, 6) is -0.434. The van der Waals surface area contributed by atoms with Gasteiger partial charge in [-0.1, -0.05) is 48.5 Å². The van der Waals surface area contributed by atoms with Gasteiger partial charge in [-0.05, 0) is 50.3 Å². The molecule has 1 aromatic heterocycles. The third kappa shape index (κ3) is 3.41. The first-order chi connectivity index (χ1) is 13.5. The predicted molar refractivity (Wildman–Crippen MR) is 107 cm³/mol. The van der Waals surface area contributed by atoms with Gasteiger partial charge in [0, 0.05) is 12.5 Å². The van der Waals surface area contributed by atoms with Gasteiger partial charge in [0.25, 0.3) is 5.91 Å². The molecule has 0 saturated carbocycles. The molecule has 0 radical (unpaired) electrons. The monoisotopic (exact) mass is 440 g/mol. The van der Waals surface area contributed by atoms with Crippen LogP contribution in [-0.4, -0.2) is 35.2 Å². The van der Waals surface area contributed by atoms with Crippen LogP contribution in [0.25, 0.3) is 11.1 Å². The Morgan fingerprint density at radius 3 is 2.14 bits per heavy atom. The lowest BCUT2D eigenvalue weighted by molar-refractivity contribution is 0.0886. The number of hydrogen-bond donors (Lipinski definition) is 2. The molecule has 1 aliphatic carbocycles. The second kappa shape index (κ2) is 7.52. The molecule has 1 heterocycles. The van der Waals surface area contributed by atoms with Crippen molar-refractivity contribution in [1.29, 1.82) is 0 Å². The molecule has 28 heavy (non-hydrogen) atoms. The van der Waals surface area contributed by atoms with E-state index in [2.05, 4.69) is 33.4 Å². The Kier molecular flexibility index (Phi) is 4.92. The lowest BCUT2D eigenvalue weighted by Crippen LogP contribution is -2.42. The Hall–Kier alpha value is -3.06. The number of hydrogen-bond acceptors (Lipinski definition) is 3. The van der Waals surface area contributed by atoms with E-state index in [-0.39, 0.29) is 24.9 Å². The van der Waals surface area contributed by atoms with Crippen LogP contribution in [0, 0.1) is 0 Å². The van der Waals surface area contributed by atoms with Crippen LogP contribution in [0.2, 0.25) is 0 Å². The van der Waals surface area contributed by atoms with E-state index in [1.807, 2.05) is 36.4 Å². The Labute approximate surface area is 169 Å². The number of carbonyl (C=O) groups is 2. The third-order valence-corrected chi connectivity index (χ3v) is 5.29. The van der Waals surface area contributed by atoms with Gasteiger partial charge in [-0.3, -0.25) is 9.69 Å². The Morgan fingerprint density at radius 2 is 1.61 bits per heavy atom. The van der Waals surface area contributed by atoms with Crippen LogP contribution in [0.5, 0.6) is 0 Å². The van der Waals surface area contributed by atoms with Crippen molar-refractivity contribution < 1.29 is 19.1 Å². The highest BCUT2D eigenvalue weighted by Gasteiger charge is 2.31. The number of amides is 2. The second-order valence-corrected chi connectivity index (χ2v) is 7.28. The van der Waals surface area contributed by atoms with Gasteiger partial charge in [0.1, 0.15) is 0 Å². The molecule has 2 N–H and O–H groups in total. The number of halogens is 1. The molecule has 3 aromatic rings. The molecule has 6 nitrogen and oxygen atoms in total. The minimum Gasteiger partial charge on any atom is -0.465 e. The normalized spacial score (nSPS) is 12.3. The zero-order valence-corrected chi connectivity index (χ0v) is 16.3. The molecule has 0 atom stereocenters. The van der Waals surface area contributed by atoms with E-state index in [1.165, 1.54) is 11.0 Å². The van der Waals surface area contributed by atoms with Crippen LogP contribution < -0.4 is 5.32 Å². The summed E-state index contributed by atoms with van der Waals surface area (Å²) < 4.78 is 5.64. The van der Waals surface area contributed by atoms with Gasteiger partial charge in [0.2, 0.25) is 0 Å². The van der Waals surface area contributed by atoms with Crippen molar-refractivity contribution in [2.75, 3.05) is 13.2 Å². The molecule has 2 aromatic carbocycles. The first kappa shape index (κ1) is 18.3. The van der Waals surface area contributed by atoms with Crippen molar-refractivity contribution in [2.45, 2.75) is 5.92 Å². The van der Waals surface area contributed by atoms with Gasteiger partial charge < -0.3 is 14.8 Å². The molecule has 0 spiro atoms. The third-order valence-electron chi connectivity index (χ3n) is 4.86. The van der Waals surface area contributed by atoms with Crippen LogP contribution in [0.3, 0.4) is 0 Å². The number of nitrogens with zero attached hydrogens (tertiary/aromatic N) is 1. The Balaban J connectivity index is 1.54. The number of fused-ring (bicyclic) bond motifs is 3. The van der Waals surface area contributed by atoms with Crippen molar-refractivity contribution in [3.63, 3.8) is 0 Å². The van der Waals surface area contributed by atoms with Crippen molar-refractivity contribution in [2.24, 2.45) is 0 Å². The fourth-order valence-electron chi connectivity index (χ4n) is 3.58. The smallest absolute Gasteiger partial charge is 0.408 e.